The number of rotatable bonds is 3. The van der Waals surface area contributed by atoms with E-state index < -0.39 is 0 Å². The maximum atomic E-state index is 12.9. The number of nitrogens with zero attached hydrogens (tertiary/aromatic N) is 1. The van der Waals surface area contributed by atoms with Crippen molar-refractivity contribution in [3.05, 3.63) is 65.2 Å². The molecule has 4 heteroatoms. The first kappa shape index (κ1) is 16.9. The molecule has 2 aromatic rings. The summed E-state index contributed by atoms with van der Waals surface area (Å²) in [7, 11) is 1.61. The molecule has 2 aromatic carbocycles. The van der Waals surface area contributed by atoms with Crippen molar-refractivity contribution >= 4 is 17.7 Å². The summed E-state index contributed by atoms with van der Waals surface area (Å²) in [6.45, 7) is 3.73. The number of hydrogen-bond donors (Lipinski definition) is 0. The standard InChI is InChI=1S/C20H23NO2S/c1-15-7-3-4-8-16(15)19-11-12-21(13-14-24-19)20(22)17-9-5-6-10-18(17)23-2/h3-10,19H,11-14H2,1-2H3. The van der Waals surface area contributed by atoms with Gasteiger partial charge < -0.3 is 9.64 Å². The number of ether oxygens (including phenoxy) is 1. The van der Waals surface area contributed by atoms with Crippen molar-refractivity contribution in [2.24, 2.45) is 0 Å². The van der Waals surface area contributed by atoms with Crippen LogP contribution in [0.5, 0.6) is 5.75 Å². The van der Waals surface area contributed by atoms with Crippen molar-refractivity contribution in [2.75, 3.05) is 26.0 Å². The van der Waals surface area contributed by atoms with E-state index in [2.05, 4.69) is 31.2 Å². The SMILES string of the molecule is COc1ccccc1C(=O)N1CCSC(c2ccccc2C)CC1. The fourth-order valence-corrected chi connectivity index (χ4v) is 4.49. The van der Waals surface area contributed by atoms with Crippen LogP contribution in [0.4, 0.5) is 0 Å². The smallest absolute Gasteiger partial charge is 0.257 e. The highest BCUT2D eigenvalue weighted by Gasteiger charge is 2.25. The third-order valence-electron chi connectivity index (χ3n) is 4.50. The Balaban J connectivity index is 1.74. The van der Waals surface area contributed by atoms with Crippen LogP contribution < -0.4 is 4.74 Å². The summed E-state index contributed by atoms with van der Waals surface area (Å²) >= 11 is 1.95. The van der Waals surface area contributed by atoms with Gasteiger partial charge in [-0.25, -0.2) is 0 Å². The fourth-order valence-electron chi connectivity index (χ4n) is 3.16. The van der Waals surface area contributed by atoms with Gasteiger partial charge in [-0.3, -0.25) is 4.79 Å². The second-order valence-corrected chi connectivity index (χ2v) is 7.31. The zero-order chi connectivity index (χ0) is 16.9. The van der Waals surface area contributed by atoms with Crippen LogP contribution in [0.15, 0.2) is 48.5 Å². The Bertz CT molecular complexity index is 716. The van der Waals surface area contributed by atoms with Gasteiger partial charge in [0.25, 0.3) is 5.91 Å². The molecule has 0 bridgehead atoms. The summed E-state index contributed by atoms with van der Waals surface area (Å²) in [5.41, 5.74) is 3.38. The Morgan fingerprint density at radius 2 is 1.88 bits per heavy atom. The van der Waals surface area contributed by atoms with E-state index in [1.54, 1.807) is 7.11 Å². The first-order chi connectivity index (χ1) is 11.7. The summed E-state index contributed by atoms with van der Waals surface area (Å²) in [5.74, 6) is 1.67. The number of para-hydroxylation sites is 1. The molecule has 1 aliphatic heterocycles. The lowest BCUT2D eigenvalue weighted by Crippen LogP contribution is -2.33. The number of hydrogen-bond acceptors (Lipinski definition) is 3. The number of benzene rings is 2. The number of methoxy groups -OCH3 is 1. The lowest BCUT2D eigenvalue weighted by molar-refractivity contribution is 0.0763. The quantitative estimate of drug-likeness (QED) is 0.832. The highest BCUT2D eigenvalue weighted by Crippen LogP contribution is 2.36. The molecule has 3 nitrogen and oxygen atoms in total. The molecule has 0 spiro atoms. The zero-order valence-electron chi connectivity index (χ0n) is 14.2. The van der Waals surface area contributed by atoms with Gasteiger partial charge in [-0.2, -0.15) is 11.8 Å². The third-order valence-corrected chi connectivity index (χ3v) is 5.81. The van der Waals surface area contributed by atoms with Gasteiger partial charge in [0, 0.05) is 24.1 Å². The van der Waals surface area contributed by atoms with Crippen molar-refractivity contribution in [1.82, 2.24) is 4.90 Å². The van der Waals surface area contributed by atoms with E-state index >= 15 is 0 Å². The lowest BCUT2D eigenvalue weighted by Gasteiger charge is -2.21. The summed E-state index contributed by atoms with van der Waals surface area (Å²) in [4.78, 5) is 14.8. The van der Waals surface area contributed by atoms with Crippen LogP contribution in [0.2, 0.25) is 0 Å². The molecule has 1 amide bonds. The molecular formula is C20H23NO2S. The molecule has 126 valence electrons. The van der Waals surface area contributed by atoms with Crippen LogP contribution in [0.25, 0.3) is 0 Å². The van der Waals surface area contributed by atoms with Crippen LogP contribution in [0.3, 0.4) is 0 Å². The number of carbonyl (C=O) groups excluding carboxylic acids is 1. The first-order valence-corrected chi connectivity index (χ1v) is 9.35. The Morgan fingerprint density at radius 1 is 1.12 bits per heavy atom. The molecule has 3 rings (SSSR count). The van der Waals surface area contributed by atoms with E-state index in [0.29, 0.717) is 16.6 Å². The monoisotopic (exact) mass is 341 g/mol. The van der Waals surface area contributed by atoms with Crippen molar-refractivity contribution in [3.63, 3.8) is 0 Å². The van der Waals surface area contributed by atoms with Crippen LogP contribution in [0.1, 0.15) is 33.2 Å². The Kier molecular flexibility index (Phi) is 5.46. The van der Waals surface area contributed by atoms with Gasteiger partial charge in [-0.1, -0.05) is 36.4 Å². The zero-order valence-corrected chi connectivity index (χ0v) is 15.0. The van der Waals surface area contributed by atoms with Gasteiger partial charge >= 0.3 is 0 Å². The van der Waals surface area contributed by atoms with Crippen LogP contribution in [-0.4, -0.2) is 36.8 Å². The van der Waals surface area contributed by atoms with Gasteiger partial charge in [-0.05, 0) is 36.6 Å². The number of amides is 1. The van der Waals surface area contributed by atoms with Crippen LogP contribution in [-0.2, 0) is 0 Å². The maximum absolute atomic E-state index is 12.9. The molecule has 0 saturated carbocycles. The predicted molar refractivity (Wildman–Crippen MR) is 99.9 cm³/mol. The largest absolute Gasteiger partial charge is 0.496 e. The molecule has 0 N–H and O–H groups in total. The minimum Gasteiger partial charge on any atom is -0.496 e. The predicted octanol–water partition coefficient (Wildman–Crippen LogP) is 4.32. The number of thioether (sulfide) groups is 1. The number of aryl methyl sites for hydroxylation is 1. The molecule has 1 fully saturated rings. The topological polar surface area (TPSA) is 29.5 Å². The van der Waals surface area contributed by atoms with E-state index in [4.69, 9.17) is 4.74 Å². The van der Waals surface area contributed by atoms with Crippen molar-refractivity contribution in [3.8, 4) is 5.75 Å². The summed E-state index contributed by atoms with van der Waals surface area (Å²) < 4.78 is 5.34. The van der Waals surface area contributed by atoms with E-state index in [9.17, 15) is 4.79 Å². The van der Waals surface area contributed by atoms with Crippen molar-refractivity contribution in [2.45, 2.75) is 18.6 Å². The number of carbonyl (C=O) groups is 1. The molecule has 1 saturated heterocycles. The third kappa shape index (κ3) is 3.59. The van der Waals surface area contributed by atoms with Gasteiger partial charge in [0.2, 0.25) is 0 Å². The molecular weight excluding hydrogens is 318 g/mol. The van der Waals surface area contributed by atoms with E-state index in [1.807, 2.05) is 40.9 Å². The highest BCUT2D eigenvalue weighted by atomic mass is 32.2. The van der Waals surface area contributed by atoms with Gasteiger partial charge in [0.05, 0.1) is 12.7 Å². The molecule has 1 heterocycles. The molecule has 1 unspecified atom stereocenters. The summed E-state index contributed by atoms with van der Waals surface area (Å²) in [6, 6.07) is 16.0. The van der Waals surface area contributed by atoms with Gasteiger partial charge in [-0.15, -0.1) is 0 Å². The van der Waals surface area contributed by atoms with E-state index in [0.717, 1.165) is 25.3 Å². The average Bonchev–Trinajstić information content (AvgIpc) is 2.87. The summed E-state index contributed by atoms with van der Waals surface area (Å²) in [6.07, 6.45) is 0.983. The maximum Gasteiger partial charge on any atom is 0.257 e. The van der Waals surface area contributed by atoms with E-state index in [-0.39, 0.29) is 5.91 Å². The van der Waals surface area contributed by atoms with E-state index in [1.165, 1.54) is 11.1 Å². The van der Waals surface area contributed by atoms with Gasteiger partial charge in [0.15, 0.2) is 0 Å². The normalized spacial score (nSPS) is 18.1. The van der Waals surface area contributed by atoms with Crippen molar-refractivity contribution < 1.29 is 9.53 Å². The van der Waals surface area contributed by atoms with Gasteiger partial charge in [0.1, 0.15) is 5.75 Å². The van der Waals surface area contributed by atoms with Crippen LogP contribution in [0, 0.1) is 6.92 Å². The molecule has 0 aromatic heterocycles. The molecule has 0 aliphatic carbocycles. The minimum absolute atomic E-state index is 0.0680. The second-order valence-electron chi connectivity index (χ2n) is 6.00. The molecule has 1 aliphatic rings. The average molecular weight is 341 g/mol. The lowest BCUT2D eigenvalue weighted by atomic mass is 10.0. The Morgan fingerprint density at radius 3 is 2.67 bits per heavy atom. The fraction of sp³-hybridized carbons (Fsp3) is 0.350. The highest BCUT2D eigenvalue weighted by molar-refractivity contribution is 7.99. The first-order valence-electron chi connectivity index (χ1n) is 8.30. The minimum atomic E-state index is 0.0680. The van der Waals surface area contributed by atoms with Crippen molar-refractivity contribution in [1.29, 1.82) is 0 Å². The Hall–Kier alpha value is -1.94. The Labute approximate surface area is 148 Å². The molecule has 0 radical (unpaired) electrons. The second kappa shape index (κ2) is 7.75. The van der Waals surface area contributed by atoms with Crippen LogP contribution >= 0.6 is 11.8 Å². The molecule has 24 heavy (non-hydrogen) atoms. The molecule has 1 atom stereocenters. The summed E-state index contributed by atoms with van der Waals surface area (Å²) in [5, 5.41) is 0.460.